The smallest absolute Gasteiger partial charge is 0.330 e. The van der Waals surface area contributed by atoms with Crippen molar-refractivity contribution in [2.24, 2.45) is 0 Å². The van der Waals surface area contributed by atoms with Crippen molar-refractivity contribution in [2.45, 2.75) is 44.1 Å². The van der Waals surface area contributed by atoms with Gasteiger partial charge < -0.3 is 14.7 Å². The first-order valence-electron chi connectivity index (χ1n) is 13.7. The summed E-state index contributed by atoms with van der Waals surface area (Å²) in [7, 11) is 0. The van der Waals surface area contributed by atoms with E-state index in [9.17, 15) is 9.90 Å². The molecule has 2 bridgehead atoms. The van der Waals surface area contributed by atoms with Crippen molar-refractivity contribution in [2.75, 3.05) is 57.3 Å². The van der Waals surface area contributed by atoms with Crippen LogP contribution in [0.4, 0.5) is 5.69 Å². The van der Waals surface area contributed by atoms with Crippen LogP contribution in [-0.2, 0) is 14.9 Å². The monoisotopic (exact) mass is 557 g/mol. The van der Waals surface area contributed by atoms with Crippen LogP contribution in [0.15, 0.2) is 54.1 Å². The number of phenols is 1. The molecule has 2 aromatic carbocycles. The zero-order chi connectivity index (χ0) is 26.7. The lowest BCUT2D eigenvalue weighted by Gasteiger charge is -2.53. The molecule has 3 fully saturated rings. The molecule has 2 aliphatic heterocycles. The summed E-state index contributed by atoms with van der Waals surface area (Å²) in [5.41, 5.74) is 3.04. The molecular weight excluding hydrogens is 521 g/mol. The van der Waals surface area contributed by atoms with Crippen LogP contribution in [0, 0.1) is 0 Å². The summed E-state index contributed by atoms with van der Waals surface area (Å²) in [6.45, 7) is 8.89. The number of aromatic hydroxyl groups is 1. The Morgan fingerprint density at radius 1 is 1.08 bits per heavy atom. The quantitative estimate of drug-likeness (QED) is 0.358. The number of fused-ring (bicyclic) bond motifs is 2. The molecule has 6 nitrogen and oxygen atoms in total. The van der Waals surface area contributed by atoms with Crippen molar-refractivity contribution in [1.82, 2.24) is 9.80 Å². The molecule has 0 amide bonds. The van der Waals surface area contributed by atoms with Gasteiger partial charge in [0.25, 0.3) is 0 Å². The van der Waals surface area contributed by atoms with Crippen LogP contribution in [0.25, 0.3) is 0 Å². The third-order valence-electron chi connectivity index (χ3n) is 8.57. The zero-order valence-corrected chi connectivity index (χ0v) is 23.6. The van der Waals surface area contributed by atoms with Crippen LogP contribution in [0.3, 0.4) is 0 Å². The highest BCUT2D eigenvalue weighted by atomic mass is 35.5. The predicted octanol–water partition coefficient (Wildman–Crippen LogP) is 5.51. The maximum absolute atomic E-state index is 12.7. The summed E-state index contributed by atoms with van der Waals surface area (Å²) in [6, 6.07) is 13.6. The van der Waals surface area contributed by atoms with E-state index in [1.807, 2.05) is 37.3 Å². The summed E-state index contributed by atoms with van der Waals surface area (Å²) in [4.78, 5) is 20.1. The van der Waals surface area contributed by atoms with Crippen LogP contribution in [0.1, 0.15) is 38.2 Å². The molecule has 0 unspecified atom stereocenters. The van der Waals surface area contributed by atoms with Gasteiger partial charge in [-0.05, 0) is 68.1 Å². The number of benzene rings is 2. The van der Waals surface area contributed by atoms with Gasteiger partial charge in [0.15, 0.2) is 0 Å². The standard InChI is InChI=1S/C30H37Cl2N3O3/c1-2-38-28(37)21-24-26-10-5-11-30(24,22-6-3-7-23(36)20-22)12-13-34(26)17-14-33-15-18-35(19-16-33)27-9-4-8-25(31)29(27)32/h3-4,6-9,20-21,26,36H,2,5,10-19H2,1H3/b24-21+/t26-,30-/m0/s1. The number of halogens is 2. The van der Waals surface area contributed by atoms with Crippen LogP contribution < -0.4 is 4.90 Å². The van der Waals surface area contributed by atoms with Crippen LogP contribution >= 0.6 is 23.2 Å². The van der Waals surface area contributed by atoms with Gasteiger partial charge >= 0.3 is 5.97 Å². The first kappa shape index (κ1) is 27.3. The molecule has 8 heteroatoms. The Kier molecular flexibility index (Phi) is 8.53. The second-order valence-corrected chi connectivity index (χ2v) is 11.4. The van der Waals surface area contributed by atoms with Crippen LogP contribution in [0.2, 0.25) is 10.0 Å². The van der Waals surface area contributed by atoms with Crippen molar-refractivity contribution in [3.05, 3.63) is 69.7 Å². The molecule has 38 heavy (non-hydrogen) atoms. The van der Waals surface area contributed by atoms with Gasteiger partial charge in [-0.1, -0.05) is 47.8 Å². The Hall–Kier alpha value is -2.25. The van der Waals surface area contributed by atoms with Crippen LogP contribution in [-0.4, -0.2) is 79.3 Å². The van der Waals surface area contributed by atoms with Crippen molar-refractivity contribution >= 4 is 34.9 Å². The number of piperazine rings is 1. The average Bonchev–Trinajstić information content (AvgIpc) is 2.91. The van der Waals surface area contributed by atoms with Gasteiger partial charge in [-0.2, -0.15) is 0 Å². The first-order chi connectivity index (χ1) is 18.4. The van der Waals surface area contributed by atoms with Gasteiger partial charge in [-0.15, -0.1) is 0 Å². The highest BCUT2D eigenvalue weighted by molar-refractivity contribution is 6.43. The van der Waals surface area contributed by atoms with Gasteiger partial charge in [-0.3, -0.25) is 9.80 Å². The number of likely N-dealkylation sites (tertiary alicyclic amines) is 1. The van der Waals surface area contributed by atoms with Gasteiger partial charge in [0.2, 0.25) is 0 Å². The number of rotatable bonds is 7. The van der Waals surface area contributed by atoms with Gasteiger partial charge in [-0.25, -0.2) is 4.79 Å². The molecule has 0 radical (unpaired) electrons. The van der Waals surface area contributed by atoms with E-state index in [1.54, 1.807) is 12.1 Å². The van der Waals surface area contributed by atoms with E-state index in [0.29, 0.717) is 16.7 Å². The van der Waals surface area contributed by atoms with Crippen molar-refractivity contribution in [1.29, 1.82) is 0 Å². The SMILES string of the molecule is CCOC(=O)/C=C1\[C@@H]2CCC[C@@]1(c1cccc(O)c1)CCN2CCN1CCN(c2cccc(Cl)c2Cl)CC1. The maximum Gasteiger partial charge on any atom is 0.330 e. The Morgan fingerprint density at radius 2 is 1.87 bits per heavy atom. The minimum Gasteiger partial charge on any atom is -0.508 e. The van der Waals surface area contributed by atoms with E-state index < -0.39 is 0 Å². The number of carbonyl (C=O) groups is 1. The number of hydrogen-bond donors (Lipinski definition) is 1. The van der Waals surface area contributed by atoms with Crippen LogP contribution in [0.5, 0.6) is 5.75 Å². The fourth-order valence-corrected chi connectivity index (χ4v) is 7.06. The minimum atomic E-state index is -0.267. The second kappa shape index (κ2) is 11.9. The maximum atomic E-state index is 12.7. The van der Waals surface area contributed by atoms with Gasteiger partial charge in [0.05, 0.1) is 22.3 Å². The van der Waals surface area contributed by atoms with Crippen molar-refractivity contribution < 1.29 is 14.6 Å². The number of esters is 1. The van der Waals surface area contributed by atoms with Gasteiger partial charge in [0, 0.05) is 56.8 Å². The van der Waals surface area contributed by atoms with E-state index in [1.165, 1.54) is 0 Å². The largest absolute Gasteiger partial charge is 0.508 e. The molecule has 2 aromatic rings. The zero-order valence-electron chi connectivity index (χ0n) is 22.0. The van der Waals surface area contributed by atoms with E-state index in [0.717, 1.165) is 88.3 Å². The summed E-state index contributed by atoms with van der Waals surface area (Å²) in [5, 5.41) is 11.5. The first-order valence-corrected chi connectivity index (χ1v) is 14.5. The summed E-state index contributed by atoms with van der Waals surface area (Å²) in [6.07, 6.45) is 5.80. The molecule has 1 N–H and O–H groups in total. The lowest BCUT2D eigenvalue weighted by atomic mass is 9.60. The highest BCUT2D eigenvalue weighted by Crippen LogP contribution is 2.51. The second-order valence-electron chi connectivity index (χ2n) is 10.6. The van der Waals surface area contributed by atoms with E-state index in [4.69, 9.17) is 27.9 Å². The summed E-state index contributed by atoms with van der Waals surface area (Å²) >= 11 is 12.7. The molecule has 5 rings (SSSR count). The number of piperidine rings is 1. The molecule has 1 aliphatic carbocycles. The van der Waals surface area contributed by atoms with Gasteiger partial charge in [0.1, 0.15) is 5.75 Å². The molecule has 0 aromatic heterocycles. The Bertz CT molecular complexity index is 1180. The Balaban J connectivity index is 1.28. The third kappa shape index (κ3) is 5.55. The number of phenolic OH excluding ortho intramolecular Hbond substituents is 1. The van der Waals surface area contributed by atoms with E-state index in [2.05, 4.69) is 20.8 Å². The lowest BCUT2D eigenvalue weighted by Crippen LogP contribution is -2.56. The van der Waals surface area contributed by atoms with Crippen molar-refractivity contribution in [3.63, 3.8) is 0 Å². The van der Waals surface area contributed by atoms with Crippen molar-refractivity contribution in [3.8, 4) is 5.75 Å². The average molecular weight is 559 g/mol. The third-order valence-corrected chi connectivity index (χ3v) is 9.37. The number of ether oxygens (including phenoxy) is 1. The number of nitrogens with zero attached hydrogens (tertiary/aromatic N) is 3. The highest BCUT2D eigenvalue weighted by Gasteiger charge is 2.48. The molecule has 0 spiro atoms. The summed E-state index contributed by atoms with van der Waals surface area (Å²) in [5.74, 6) is 0.00620. The number of anilines is 1. The minimum absolute atomic E-state index is 0.204. The Morgan fingerprint density at radius 3 is 2.63 bits per heavy atom. The van der Waals surface area contributed by atoms with E-state index >= 15 is 0 Å². The summed E-state index contributed by atoms with van der Waals surface area (Å²) < 4.78 is 5.35. The molecule has 1 saturated carbocycles. The fraction of sp³-hybridized carbons (Fsp3) is 0.500. The van der Waals surface area contributed by atoms with E-state index in [-0.39, 0.29) is 23.2 Å². The Labute approximate surface area is 235 Å². The molecule has 204 valence electrons. The predicted molar refractivity (Wildman–Crippen MR) is 153 cm³/mol. The lowest BCUT2D eigenvalue weighted by molar-refractivity contribution is -0.137. The molecule has 2 saturated heterocycles. The molecule has 2 atom stereocenters. The number of hydrogen-bond acceptors (Lipinski definition) is 6. The normalized spacial score (nSPS) is 25.5. The molecule has 3 aliphatic rings. The number of carbonyl (C=O) groups excluding carboxylic acids is 1. The topological polar surface area (TPSA) is 56.3 Å². The molecular formula is C30H37Cl2N3O3. The fourth-order valence-electron chi connectivity index (χ4n) is 6.65. The molecule has 2 heterocycles.